The van der Waals surface area contributed by atoms with E-state index in [9.17, 15) is 13.2 Å². The maximum absolute atomic E-state index is 12.5. The number of rotatable bonds is 4. The van der Waals surface area contributed by atoms with Crippen molar-refractivity contribution in [1.82, 2.24) is 5.43 Å². The number of anilines is 1. The van der Waals surface area contributed by atoms with Gasteiger partial charge in [-0.05, 0) is 30.2 Å². The highest BCUT2D eigenvalue weighted by Crippen LogP contribution is 2.33. The lowest BCUT2D eigenvalue weighted by molar-refractivity contribution is -0.137. The molecule has 0 bridgehead atoms. The summed E-state index contributed by atoms with van der Waals surface area (Å²) in [5, 5.41) is 0. The van der Waals surface area contributed by atoms with Gasteiger partial charge in [0.2, 0.25) is 0 Å². The number of alkyl halides is 3. The second-order valence-corrected chi connectivity index (χ2v) is 3.59. The van der Waals surface area contributed by atoms with Gasteiger partial charge in [-0.25, -0.2) is 0 Å². The number of hydrogen-bond donors (Lipinski definition) is 3. The Morgan fingerprint density at radius 2 is 2.06 bits per heavy atom. The van der Waals surface area contributed by atoms with Gasteiger partial charge in [-0.2, -0.15) is 13.2 Å². The molecule has 0 aliphatic rings. The molecule has 0 saturated heterocycles. The molecule has 0 aliphatic heterocycles. The first-order valence-corrected chi connectivity index (χ1v) is 4.93. The molecule has 0 saturated carbocycles. The fraction of sp³-hybridized carbons (Fsp3) is 0.273. The molecule has 1 unspecified atom stereocenters. The maximum Gasteiger partial charge on any atom is 0.416 e. The van der Waals surface area contributed by atoms with Gasteiger partial charge in [-0.15, -0.1) is 6.58 Å². The van der Waals surface area contributed by atoms with Crippen LogP contribution in [-0.2, 0) is 6.18 Å². The summed E-state index contributed by atoms with van der Waals surface area (Å²) in [5.74, 6) is 5.28. The Labute approximate surface area is 97.3 Å². The molecule has 94 valence electrons. The van der Waals surface area contributed by atoms with E-state index in [1.54, 1.807) is 6.08 Å². The van der Waals surface area contributed by atoms with E-state index < -0.39 is 17.8 Å². The molecule has 1 rings (SSSR count). The number of nitrogens with two attached hydrogens (primary N) is 2. The van der Waals surface area contributed by atoms with E-state index in [1.807, 2.05) is 0 Å². The zero-order chi connectivity index (χ0) is 13.1. The summed E-state index contributed by atoms with van der Waals surface area (Å²) in [6.07, 6.45) is -2.44. The first kappa shape index (κ1) is 13.5. The highest BCUT2D eigenvalue weighted by molar-refractivity contribution is 5.51. The molecule has 6 heteroatoms. The van der Waals surface area contributed by atoms with Gasteiger partial charge in [0.15, 0.2) is 0 Å². The minimum Gasteiger partial charge on any atom is -0.398 e. The summed E-state index contributed by atoms with van der Waals surface area (Å²) < 4.78 is 37.6. The Bertz CT molecular complexity index is 401. The van der Waals surface area contributed by atoms with Crippen LogP contribution < -0.4 is 17.0 Å². The molecule has 17 heavy (non-hydrogen) atoms. The SMILES string of the molecule is C=CCC(NN)c1cc(C(F)(F)F)ccc1N. The second-order valence-electron chi connectivity index (χ2n) is 3.59. The van der Waals surface area contributed by atoms with Crippen molar-refractivity contribution in [1.29, 1.82) is 0 Å². The number of halogens is 3. The van der Waals surface area contributed by atoms with E-state index in [0.717, 1.165) is 12.1 Å². The smallest absolute Gasteiger partial charge is 0.398 e. The van der Waals surface area contributed by atoms with Crippen molar-refractivity contribution in [2.24, 2.45) is 5.84 Å². The Hall–Kier alpha value is -1.53. The normalized spacial score (nSPS) is 13.4. The number of hydrazine groups is 1. The molecule has 0 radical (unpaired) electrons. The van der Waals surface area contributed by atoms with Crippen molar-refractivity contribution in [3.8, 4) is 0 Å². The summed E-state index contributed by atoms with van der Waals surface area (Å²) in [7, 11) is 0. The van der Waals surface area contributed by atoms with E-state index in [1.165, 1.54) is 6.07 Å². The van der Waals surface area contributed by atoms with Crippen LogP contribution in [0.4, 0.5) is 18.9 Å². The zero-order valence-corrected chi connectivity index (χ0v) is 9.09. The molecule has 1 atom stereocenters. The van der Waals surface area contributed by atoms with Gasteiger partial charge in [0.05, 0.1) is 11.6 Å². The molecule has 1 aromatic carbocycles. The van der Waals surface area contributed by atoms with Crippen LogP contribution in [0.5, 0.6) is 0 Å². The predicted molar refractivity (Wildman–Crippen MR) is 60.7 cm³/mol. The van der Waals surface area contributed by atoms with Gasteiger partial charge in [-0.3, -0.25) is 11.3 Å². The first-order valence-electron chi connectivity index (χ1n) is 4.93. The highest BCUT2D eigenvalue weighted by Gasteiger charge is 2.31. The van der Waals surface area contributed by atoms with Crippen molar-refractivity contribution in [2.45, 2.75) is 18.6 Å². The fourth-order valence-electron chi connectivity index (χ4n) is 1.50. The van der Waals surface area contributed by atoms with Crippen molar-refractivity contribution in [3.63, 3.8) is 0 Å². The monoisotopic (exact) mass is 245 g/mol. The van der Waals surface area contributed by atoms with Crippen LogP contribution in [0.2, 0.25) is 0 Å². The molecular weight excluding hydrogens is 231 g/mol. The average molecular weight is 245 g/mol. The van der Waals surface area contributed by atoms with Crippen LogP contribution in [0.25, 0.3) is 0 Å². The quantitative estimate of drug-likeness (QED) is 0.330. The van der Waals surface area contributed by atoms with Crippen molar-refractivity contribution in [3.05, 3.63) is 42.0 Å². The van der Waals surface area contributed by atoms with Crippen molar-refractivity contribution in [2.75, 3.05) is 5.73 Å². The van der Waals surface area contributed by atoms with E-state index in [0.29, 0.717) is 12.0 Å². The topological polar surface area (TPSA) is 64.1 Å². The molecule has 0 spiro atoms. The van der Waals surface area contributed by atoms with E-state index >= 15 is 0 Å². The first-order chi connectivity index (χ1) is 7.90. The van der Waals surface area contributed by atoms with Crippen LogP contribution in [-0.4, -0.2) is 0 Å². The molecule has 1 aromatic rings. The van der Waals surface area contributed by atoms with E-state index in [2.05, 4.69) is 12.0 Å². The van der Waals surface area contributed by atoms with Crippen LogP contribution >= 0.6 is 0 Å². The molecule has 0 fully saturated rings. The van der Waals surface area contributed by atoms with Gasteiger partial charge < -0.3 is 5.73 Å². The molecular formula is C11H14F3N3. The number of nitrogens with one attached hydrogen (secondary N) is 1. The third-order valence-corrected chi connectivity index (χ3v) is 2.39. The van der Waals surface area contributed by atoms with Gasteiger partial charge >= 0.3 is 6.18 Å². The van der Waals surface area contributed by atoms with Gasteiger partial charge in [0.1, 0.15) is 0 Å². The lowest BCUT2D eigenvalue weighted by Crippen LogP contribution is -2.28. The minimum absolute atomic E-state index is 0.266. The lowest BCUT2D eigenvalue weighted by Gasteiger charge is -2.18. The van der Waals surface area contributed by atoms with Gasteiger partial charge in [-0.1, -0.05) is 6.08 Å². The molecule has 5 N–H and O–H groups in total. The molecule has 0 amide bonds. The summed E-state index contributed by atoms with van der Waals surface area (Å²) in [6.45, 7) is 3.52. The summed E-state index contributed by atoms with van der Waals surface area (Å²) in [6, 6.07) is 2.70. The van der Waals surface area contributed by atoms with Crippen molar-refractivity contribution >= 4 is 5.69 Å². The predicted octanol–water partition coefficient (Wildman–Crippen LogP) is 2.37. The molecule has 0 aromatic heterocycles. The van der Waals surface area contributed by atoms with Crippen LogP contribution in [0.3, 0.4) is 0 Å². The Kier molecular flexibility index (Phi) is 4.14. The number of benzene rings is 1. The third-order valence-electron chi connectivity index (χ3n) is 2.39. The Morgan fingerprint density at radius 1 is 1.41 bits per heavy atom. The molecule has 0 heterocycles. The largest absolute Gasteiger partial charge is 0.416 e. The second kappa shape index (κ2) is 5.20. The summed E-state index contributed by atoms with van der Waals surface area (Å²) >= 11 is 0. The van der Waals surface area contributed by atoms with Crippen LogP contribution in [0.1, 0.15) is 23.6 Å². The lowest BCUT2D eigenvalue weighted by atomic mass is 9.99. The number of nitrogen functional groups attached to an aromatic ring is 1. The van der Waals surface area contributed by atoms with E-state index in [4.69, 9.17) is 11.6 Å². The van der Waals surface area contributed by atoms with Gasteiger partial charge in [0, 0.05) is 5.69 Å². The minimum atomic E-state index is -4.39. The van der Waals surface area contributed by atoms with E-state index in [-0.39, 0.29) is 5.69 Å². The Morgan fingerprint density at radius 3 is 2.53 bits per heavy atom. The fourth-order valence-corrected chi connectivity index (χ4v) is 1.50. The molecule has 3 nitrogen and oxygen atoms in total. The summed E-state index contributed by atoms with van der Waals surface area (Å²) in [4.78, 5) is 0. The summed E-state index contributed by atoms with van der Waals surface area (Å²) in [5.41, 5.74) is 7.91. The molecule has 0 aliphatic carbocycles. The van der Waals surface area contributed by atoms with Gasteiger partial charge in [0.25, 0.3) is 0 Å². The maximum atomic E-state index is 12.5. The third kappa shape index (κ3) is 3.21. The average Bonchev–Trinajstić information content (AvgIpc) is 2.25. The van der Waals surface area contributed by atoms with Crippen LogP contribution in [0, 0.1) is 0 Å². The zero-order valence-electron chi connectivity index (χ0n) is 9.09. The van der Waals surface area contributed by atoms with Crippen LogP contribution in [0.15, 0.2) is 30.9 Å². The Balaban J connectivity index is 3.17. The highest BCUT2D eigenvalue weighted by atomic mass is 19.4. The number of hydrogen-bond acceptors (Lipinski definition) is 3. The standard InChI is InChI=1S/C11H14F3N3/c1-2-3-10(17-16)8-6-7(11(12,13)14)4-5-9(8)15/h2,4-6,10,17H,1,3,15-16H2. The van der Waals surface area contributed by atoms with Crippen molar-refractivity contribution < 1.29 is 13.2 Å².